The molecule has 2 rings (SSSR count). The zero-order chi connectivity index (χ0) is 9.26. The first-order chi connectivity index (χ1) is 6.27. The summed E-state index contributed by atoms with van der Waals surface area (Å²) in [5.74, 6) is -0.653. The van der Waals surface area contributed by atoms with Crippen LogP contribution >= 0.6 is 11.3 Å². The maximum Gasteiger partial charge on any atom is 0.365 e. The molecule has 1 unspecified atom stereocenters. The van der Waals surface area contributed by atoms with Crippen molar-refractivity contribution in [2.75, 3.05) is 13.2 Å². The van der Waals surface area contributed by atoms with Crippen LogP contribution in [0.25, 0.3) is 0 Å². The topological polar surface area (TPSA) is 59.4 Å². The lowest BCUT2D eigenvalue weighted by Gasteiger charge is -2.00. The van der Waals surface area contributed by atoms with Crippen molar-refractivity contribution in [2.24, 2.45) is 0 Å². The normalized spacial score (nSPS) is 22.0. The number of thiazole rings is 1. The summed E-state index contributed by atoms with van der Waals surface area (Å²) in [6, 6.07) is 0. The highest BCUT2D eigenvalue weighted by atomic mass is 32.1. The van der Waals surface area contributed by atoms with Crippen molar-refractivity contribution < 1.29 is 14.6 Å². The average molecular weight is 199 g/mol. The fourth-order valence-corrected chi connectivity index (χ4v) is 2.08. The summed E-state index contributed by atoms with van der Waals surface area (Å²) >= 11 is 1.18. The molecule has 0 spiro atoms. The molecule has 0 saturated carbocycles. The Morgan fingerprint density at radius 1 is 1.77 bits per heavy atom. The SMILES string of the molecule is O=C(O)c1nc(C2CCOC2)cs1. The summed E-state index contributed by atoms with van der Waals surface area (Å²) in [7, 11) is 0. The molecule has 5 heteroatoms. The van der Waals surface area contributed by atoms with Crippen LogP contribution in [0.1, 0.15) is 27.8 Å². The van der Waals surface area contributed by atoms with Gasteiger partial charge in [0.1, 0.15) is 0 Å². The van der Waals surface area contributed by atoms with E-state index in [-0.39, 0.29) is 5.01 Å². The minimum absolute atomic E-state index is 0.168. The van der Waals surface area contributed by atoms with Crippen LogP contribution in [0.3, 0.4) is 0 Å². The minimum Gasteiger partial charge on any atom is -0.476 e. The Hall–Kier alpha value is -0.940. The molecule has 0 bridgehead atoms. The number of aromatic nitrogens is 1. The second-order valence-corrected chi connectivity index (χ2v) is 3.80. The second kappa shape index (κ2) is 3.43. The molecule has 1 saturated heterocycles. The third-order valence-electron chi connectivity index (χ3n) is 2.05. The van der Waals surface area contributed by atoms with Crippen LogP contribution in [0.5, 0.6) is 0 Å². The first-order valence-electron chi connectivity index (χ1n) is 4.04. The molecule has 0 aliphatic carbocycles. The van der Waals surface area contributed by atoms with Gasteiger partial charge in [-0.3, -0.25) is 0 Å². The maximum absolute atomic E-state index is 10.5. The number of rotatable bonds is 2. The number of carboxylic acids is 1. The molecule has 0 aromatic carbocycles. The van der Waals surface area contributed by atoms with E-state index in [4.69, 9.17) is 9.84 Å². The molecule has 0 amide bonds. The van der Waals surface area contributed by atoms with E-state index >= 15 is 0 Å². The number of hydrogen-bond acceptors (Lipinski definition) is 4. The Bertz CT molecular complexity index is 317. The van der Waals surface area contributed by atoms with Gasteiger partial charge < -0.3 is 9.84 Å². The van der Waals surface area contributed by atoms with Gasteiger partial charge in [0, 0.05) is 17.9 Å². The smallest absolute Gasteiger partial charge is 0.365 e. The Kier molecular flexibility index (Phi) is 2.28. The van der Waals surface area contributed by atoms with Crippen LogP contribution < -0.4 is 0 Å². The highest BCUT2D eigenvalue weighted by molar-refractivity contribution is 7.11. The molecule has 1 atom stereocenters. The molecule has 2 heterocycles. The molecule has 13 heavy (non-hydrogen) atoms. The van der Waals surface area contributed by atoms with E-state index in [0.717, 1.165) is 18.7 Å². The van der Waals surface area contributed by atoms with E-state index in [1.165, 1.54) is 11.3 Å². The highest BCUT2D eigenvalue weighted by Crippen LogP contribution is 2.26. The van der Waals surface area contributed by atoms with E-state index in [1.54, 1.807) is 0 Å². The van der Waals surface area contributed by atoms with Gasteiger partial charge in [-0.15, -0.1) is 11.3 Å². The quantitative estimate of drug-likeness (QED) is 0.781. The van der Waals surface area contributed by atoms with Crippen molar-refractivity contribution in [3.8, 4) is 0 Å². The number of nitrogens with zero attached hydrogens (tertiary/aromatic N) is 1. The zero-order valence-electron chi connectivity index (χ0n) is 6.90. The number of hydrogen-bond donors (Lipinski definition) is 1. The number of aromatic carboxylic acids is 1. The third kappa shape index (κ3) is 1.71. The lowest BCUT2D eigenvalue weighted by Crippen LogP contribution is -2.00. The lowest BCUT2D eigenvalue weighted by molar-refractivity contribution is 0.0696. The molecule has 1 aliphatic heterocycles. The molecular weight excluding hydrogens is 190 g/mol. The average Bonchev–Trinajstić information content (AvgIpc) is 2.75. The molecule has 1 aliphatic rings. The maximum atomic E-state index is 10.5. The number of ether oxygens (including phenoxy) is 1. The summed E-state index contributed by atoms with van der Waals surface area (Å²) in [4.78, 5) is 14.6. The van der Waals surface area contributed by atoms with Gasteiger partial charge in [-0.05, 0) is 6.42 Å². The second-order valence-electron chi connectivity index (χ2n) is 2.94. The summed E-state index contributed by atoms with van der Waals surface area (Å²) in [6.45, 7) is 1.42. The molecule has 1 aromatic rings. The van der Waals surface area contributed by atoms with Crippen LogP contribution in [0.4, 0.5) is 0 Å². The first kappa shape index (κ1) is 8.65. The standard InChI is InChI=1S/C8H9NO3S/c10-8(11)7-9-6(4-13-7)5-1-2-12-3-5/h4-5H,1-3H2,(H,10,11). The lowest BCUT2D eigenvalue weighted by atomic mass is 10.1. The van der Waals surface area contributed by atoms with Gasteiger partial charge in [0.2, 0.25) is 5.01 Å². The van der Waals surface area contributed by atoms with E-state index in [9.17, 15) is 4.79 Å². The largest absolute Gasteiger partial charge is 0.476 e. The molecule has 0 radical (unpaired) electrons. The summed E-state index contributed by atoms with van der Waals surface area (Å²) in [5, 5.41) is 10.6. The third-order valence-corrected chi connectivity index (χ3v) is 2.90. The Balaban J connectivity index is 2.16. The predicted molar refractivity (Wildman–Crippen MR) is 47.3 cm³/mol. The molecule has 1 N–H and O–H groups in total. The van der Waals surface area contributed by atoms with Crippen LogP contribution in [0.2, 0.25) is 0 Å². The van der Waals surface area contributed by atoms with Crippen LogP contribution in [-0.4, -0.2) is 29.3 Å². The minimum atomic E-state index is -0.949. The molecule has 4 nitrogen and oxygen atoms in total. The fraction of sp³-hybridized carbons (Fsp3) is 0.500. The van der Waals surface area contributed by atoms with Crippen LogP contribution in [0.15, 0.2) is 5.38 Å². The van der Waals surface area contributed by atoms with Crippen molar-refractivity contribution in [3.63, 3.8) is 0 Å². The molecule has 1 fully saturated rings. The Morgan fingerprint density at radius 2 is 2.62 bits per heavy atom. The van der Waals surface area contributed by atoms with E-state index < -0.39 is 5.97 Å². The van der Waals surface area contributed by atoms with Gasteiger partial charge in [0.05, 0.1) is 12.3 Å². The first-order valence-corrected chi connectivity index (χ1v) is 4.92. The predicted octanol–water partition coefficient (Wildman–Crippen LogP) is 1.35. The highest BCUT2D eigenvalue weighted by Gasteiger charge is 2.21. The number of carboxylic acid groups (broad SMARTS) is 1. The van der Waals surface area contributed by atoms with Crippen molar-refractivity contribution in [1.82, 2.24) is 4.98 Å². The monoisotopic (exact) mass is 199 g/mol. The van der Waals surface area contributed by atoms with Gasteiger partial charge in [-0.2, -0.15) is 0 Å². The summed E-state index contributed by atoms with van der Waals surface area (Å²) in [5.41, 5.74) is 0.861. The van der Waals surface area contributed by atoms with Crippen LogP contribution in [0, 0.1) is 0 Å². The van der Waals surface area contributed by atoms with Gasteiger partial charge in [0.15, 0.2) is 0 Å². The Labute approximate surface area is 79.2 Å². The molecule has 1 aromatic heterocycles. The van der Waals surface area contributed by atoms with Crippen molar-refractivity contribution in [3.05, 3.63) is 16.1 Å². The number of carbonyl (C=O) groups is 1. The van der Waals surface area contributed by atoms with Gasteiger partial charge >= 0.3 is 5.97 Å². The van der Waals surface area contributed by atoms with Crippen LogP contribution in [-0.2, 0) is 4.74 Å². The summed E-state index contributed by atoms with van der Waals surface area (Å²) in [6.07, 6.45) is 0.947. The van der Waals surface area contributed by atoms with Crippen molar-refractivity contribution >= 4 is 17.3 Å². The van der Waals surface area contributed by atoms with E-state index in [0.29, 0.717) is 12.5 Å². The van der Waals surface area contributed by atoms with Gasteiger partial charge in [-0.25, -0.2) is 9.78 Å². The summed E-state index contributed by atoms with van der Waals surface area (Å²) < 4.78 is 5.20. The molecule has 70 valence electrons. The van der Waals surface area contributed by atoms with Gasteiger partial charge in [0.25, 0.3) is 0 Å². The van der Waals surface area contributed by atoms with E-state index in [1.807, 2.05) is 5.38 Å². The fourth-order valence-electron chi connectivity index (χ4n) is 1.34. The van der Waals surface area contributed by atoms with Crippen molar-refractivity contribution in [2.45, 2.75) is 12.3 Å². The van der Waals surface area contributed by atoms with E-state index in [2.05, 4.69) is 4.98 Å². The van der Waals surface area contributed by atoms with Crippen molar-refractivity contribution in [1.29, 1.82) is 0 Å². The van der Waals surface area contributed by atoms with Gasteiger partial charge in [-0.1, -0.05) is 0 Å². The molecular formula is C8H9NO3S. The zero-order valence-corrected chi connectivity index (χ0v) is 7.71. The Morgan fingerprint density at radius 3 is 3.15 bits per heavy atom.